The van der Waals surface area contributed by atoms with Crippen molar-refractivity contribution in [3.05, 3.63) is 35.9 Å². The molecular formula is C13H18N2O3. The molecule has 0 spiro atoms. The molecule has 0 aliphatic carbocycles. The van der Waals surface area contributed by atoms with Crippen molar-refractivity contribution in [2.75, 3.05) is 7.05 Å². The first-order valence-corrected chi connectivity index (χ1v) is 5.79. The molecule has 1 aromatic carbocycles. The first-order valence-electron chi connectivity index (χ1n) is 5.79. The third-order valence-electron chi connectivity index (χ3n) is 2.68. The van der Waals surface area contributed by atoms with Crippen molar-refractivity contribution < 1.29 is 14.7 Å². The minimum absolute atomic E-state index is 0.309. The average molecular weight is 250 g/mol. The minimum Gasteiger partial charge on any atom is -0.480 e. The largest absolute Gasteiger partial charge is 0.480 e. The van der Waals surface area contributed by atoms with E-state index in [9.17, 15) is 9.59 Å². The molecule has 2 atom stereocenters. The number of carbonyl (C=O) groups excluding carboxylic acids is 1. The Balaban J connectivity index is 2.61. The van der Waals surface area contributed by atoms with Crippen molar-refractivity contribution in [2.24, 2.45) is 0 Å². The lowest BCUT2D eigenvalue weighted by atomic mass is 10.1. The van der Waals surface area contributed by atoms with E-state index in [1.54, 1.807) is 7.05 Å². The smallest absolute Gasteiger partial charge is 0.325 e. The maximum Gasteiger partial charge on any atom is 0.325 e. The van der Waals surface area contributed by atoms with Gasteiger partial charge in [0.1, 0.15) is 6.04 Å². The summed E-state index contributed by atoms with van der Waals surface area (Å²) in [5.74, 6) is -1.35. The van der Waals surface area contributed by atoms with Gasteiger partial charge < -0.3 is 15.7 Å². The van der Waals surface area contributed by atoms with Gasteiger partial charge >= 0.3 is 5.97 Å². The molecule has 0 heterocycles. The van der Waals surface area contributed by atoms with E-state index in [1.807, 2.05) is 30.3 Å². The number of likely N-dealkylation sites (N-methyl/N-ethyl adjacent to an activating group) is 1. The van der Waals surface area contributed by atoms with Gasteiger partial charge in [0.2, 0.25) is 5.91 Å². The van der Waals surface area contributed by atoms with E-state index in [4.69, 9.17) is 5.11 Å². The number of rotatable bonds is 6. The van der Waals surface area contributed by atoms with Gasteiger partial charge in [-0.05, 0) is 26.0 Å². The number of carboxylic acid groups (broad SMARTS) is 1. The summed E-state index contributed by atoms with van der Waals surface area (Å²) in [6.45, 7) is 1.44. The summed E-state index contributed by atoms with van der Waals surface area (Å²) in [4.78, 5) is 22.5. The van der Waals surface area contributed by atoms with E-state index in [-0.39, 0.29) is 5.91 Å². The van der Waals surface area contributed by atoms with Crippen LogP contribution in [0, 0.1) is 0 Å². The zero-order valence-corrected chi connectivity index (χ0v) is 10.5. The van der Waals surface area contributed by atoms with Gasteiger partial charge in [0.05, 0.1) is 6.04 Å². The zero-order chi connectivity index (χ0) is 13.5. The summed E-state index contributed by atoms with van der Waals surface area (Å²) in [6.07, 6.45) is 0.523. The van der Waals surface area contributed by atoms with Crippen LogP contribution in [0.1, 0.15) is 12.5 Å². The molecule has 1 rings (SSSR count). The molecule has 0 unspecified atom stereocenters. The van der Waals surface area contributed by atoms with Crippen LogP contribution in [0.25, 0.3) is 0 Å². The van der Waals surface area contributed by atoms with E-state index in [1.165, 1.54) is 6.92 Å². The Kier molecular flexibility index (Phi) is 5.32. The number of hydrogen-bond acceptors (Lipinski definition) is 3. The average Bonchev–Trinajstić information content (AvgIpc) is 2.36. The van der Waals surface area contributed by atoms with Crippen molar-refractivity contribution >= 4 is 11.9 Å². The fourth-order valence-corrected chi connectivity index (χ4v) is 1.55. The standard InChI is InChI=1S/C13H18N2O3/c1-9(13(17)18)15-12(16)11(14-2)8-10-6-4-3-5-7-10/h3-7,9,11,14H,8H2,1-2H3,(H,15,16)(H,17,18)/t9-,11-/m0/s1. The highest BCUT2D eigenvalue weighted by molar-refractivity contribution is 5.86. The Bertz CT molecular complexity index is 406. The Labute approximate surface area is 106 Å². The maximum absolute atomic E-state index is 11.9. The molecule has 5 nitrogen and oxygen atoms in total. The second-order valence-corrected chi connectivity index (χ2v) is 4.10. The second-order valence-electron chi connectivity index (χ2n) is 4.10. The summed E-state index contributed by atoms with van der Waals surface area (Å²) >= 11 is 0. The van der Waals surface area contributed by atoms with Gasteiger partial charge in [-0.3, -0.25) is 9.59 Å². The molecule has 0 fully saturated rings. The number of carboxylic acids is 1. The Morgan fingerprint density at radius 3 is 2.39 bits per heavy atom. The topological polar surface area (TPSA) is 78.4 Å². The second kappa shape index (κ2) is 6.76. The normalized spacial score (nSPS) is 13.7. The third-order valence-corrected chi connectivity index (χ3v) is 2.68. The van der Waals surface area contributed by atoms with E-state index in [2.05, 4.69) is 10.6 Å². The van der Waals surface area contributed by atoms with Crippen LogP contribution in [0.2, 0.25) is 0 Å². The van der Waals surface area contributed by atoms with E-state index in [0.717, 1.165) is 5.56 Å². The predicted molar refractivity (Wildman–Crippen MR) is 68.2 cm³/mol. The van der Waals surface area contributed by atoms with Gasteiger partial charge in [-0.1, -0.05) is 30.3 Å². The lowest BCUT2D eigenvalue weighted by molar-refractivity contribution is -0.141. The highest BCUT2D eigenvalue weighted by atomic mass is 16.4. The molecule has 0 aromatic heterocycles. The number of nitrogens with one attached hydrogen (secondary N) is 2. The number of aliphatic carboxylic acids is 1. The lowest BCUT2D eigenvalue weighted by Crippen LogP contribution is -2.49. The van der Waals surface area contributed by atoms with Crippen LogP contribution in [-0.4, -0.2) is 36.1 Å². The zero-order valence-electron chi connectivity index (χ0n) is 10.5. The first-order chi connectivity index (χ1) is 8.54. The lowest BCUT2D eigenvalue weighted by Gasteiger charge is -2.18. The van der Waals surface area contributed by atoms with Gasteiger partial charge in [-0.25, -0.2) is 0 Å². The van der Waals surface area contributed by atoms with E-state index in [0.29, 0.717) is 6.42 Å². The molecule has 0 aliphatic heterocycles. The van der Waals surface area contributed by atoms with Gasteiger partial charge in [-0.15, -0.1) is 0 Å². The monoisotopic (exact) mass is 250 g/mol. The minimum atomic E-state index is -1.04. The van der Waals surface area contributed by atoms with Gasteiger partial charge in [0.25, 0.3) is 0 Å². The van der Waals surface area contributed by atoms with Gasteiger partial charge in [0, 0.05) is 0 Å². The molecule has 0 radical (unpaired) electrons. The molecule has 5 heteroatoms. The summed E-state index contributed by atoms with van der Waals surface area (Å²) in [7, 11) is 1.68. The van der Waals surface area contributed by atoms with Crippen LogP contribution >= 0.6 is 0 Å². The highest BCUT2D eigenvalue weighted by Crippen LogP contribution is 2.03. The molecule has 98 valence electrons. The Hall–Kier alpha value is -1.88. The van der Waals surface area contributed by atoms with Crippen LogP contribution in [0.3, 0.4) is 0 Å². The van der Waals surface area contributed by atoms with E-state index >= 15 is 0 Å². The van der Waals surface area contributed by atoms with Crippen LogP contribution in [0.4, 0.5) is 0 Å². The van der Waals surface area contributed by atoms with E-state index < -0.39 is 18.1 Å². The van der Waals surface area contributed by atoms with Crippen LogP contribution < -0.4 is 10.6 Å². The van der Waals surface area contributed by atoms with Crippen molar-refractivity contribution in [1.82, 2.24) is 10.6 Å². The molecule has 18 heavy (non-hydrogen) atoms. The summed E-state index contributed by atoms with van der Waals surface area (Å²) in [5, 5.41) is 14.1. The summed E-state index contributed by atoms with van der Waals surface area (Å²) in [6, 6.07) is 8.25. The predicted octanol–water partition coefficient (Wildman–Crippen LogP) is 0.406. The number of carbonyl (C=O) groups is 2. The fourth-order valence-electron chi connectivity index (χ4n) is 1.55. The maximum atomic E-state index is 11.9. The quantitative estimate of drug-likeness (QED) is 0.683. The van der Waals surface area contributed by atoms with Crippen molar-refractivity contribution in [2.45, 2.75) is 25.4 Å². The molecule has 0 saturated heterocycles. The fraction of sp³-hybridized carbons (Fsp3) is 0.385. The van der Waals surface area contributed by atoms with Crippen molar-refractivity contribution in [3.8, 4) is 0 Å². The van der Waals surface area contributed by atoms with Crippen LogP contribution in [0.15, 0.2) is 30.3 Å². The van der Waals surface area contributed by atoms with Crippen molar-refractivity contribution in [1.29, 1.82) is 0 Å². The number of amides is 1. The molecule has 0 saturated carbocycles. The summed E-state index contributed by atoms with van der Waals surface area (Å²) in [5.41, 5.74) is 1.02. The third kappa shape index (κ3) is 4.18. The van der Waals surface area contributed by atoms with Crippen molar-refractivity contribution in [3.63, 3.8) is 0 Å². The van der Waals surface area contributed by atoms with Gasteiger partial charge in [0.15, 0.2) is 0 Å². The van der Waals surface area contributed by atoms with Crippen LogP contribution in [-0.2, 0) is 16.0 Å². The molecule has 0 aliphatic rings. The Morgan fingerprint density at radius 1 is 1.28 bits per heavy atom. The van der Waals surface area contributed by atoms with Gasteiger partial charge in [-0.2, -0.15) is 0 Å². The number of benzene rings is 1. The molecule has 1 aromatic rings. The molecule has 3 N–H and O–H groups in total. The highest BCUT2D eigenvalue weighted by Gasteiger charge is 2.21. The summed E-state index contributed by atoms with van der Waals surface area (Å²) < 4.78 is 0. The molecular weight excluding hydrogens is 232 g/mol. The van der Waals surface area contributed by atoms with Crippen LogP contribution in [0.5, 0.6) is 0 Å². The molecule has 1 amide bonds. The Morgan fingerprint density at radius 2 is 1.89 bits per heavy atom. The first kappa shape index (κ1) is 14.2. The number of hydrogen-bond donors (Lipinski definition) is 3. The SMILES string of the molecule is CN[C@@H](Cc1ccccc1)C(=O)N[C@@H](C)C(=O)O. The molecule has 0 bridgehead atoms.